The summed E-state index contributed by atoms with van der Waals surface area (Å²) >= 11 is 1.71. The van der Waals surface area contributed by atoms with Gasteiger partial charge in [0.05, 0.1) is 0 Å². The van der Waals surface area contributed by atoms with Crippen molar-refractivity contribution in [2.75, 3.05) is 5.75 Å². The van der Waals surface area contributed by atoms with Gasteiger partial charge in [0.2, 0.25) is 0 Å². The molecule has 2 aliphatic heterocycles. The molecule has 2 aromatic rings. The number of aromatic nitrogens is 4. The van der Waals surface area contributed by atoms with Gasteiger partial charge in [-0.05, 0) is 32.1 Å². The predicted molar refractivity (Wildman–Crippen MR) is 102 cm³/mol. The van der Waals surface area contributed by atoms with E-state index in [1.807, 2.05) is 30.2 Å². The molecule has 4 rings (SSSR count). The van der Waals surface area contributed by atoms with E-state index in [9.17, 15) is 5.11 Å². The monoisotopic (exact) mass is 373 g/mol. The molecule has 0 radical (unpaired) electrons. The van der Waals surface area contributed by atoms with Gasteiger partial charge in [0.1, 0.15) is 11.4 Å². The Hall–Kier alpha value is -1.44. The molecule has 2 bridgehead atoms. The zero-order valence-electron chi connectivity index (χ0n) is 15.5. The number of imidazole rings is 1. The number of rotatable bonds is 6. The smallest absolute Gasteiger partial charge is 0.187 e. The lowest BCUT2D eigenvalue weighted by molar-refractivity contribution is -0.0670. The molecule has 2 aliphatic rings. The van der Waals surface area contributed by atoms with Gasteiger partial charge in [-0.3, -0.25) is 4.90 Å². The standard InChI is InChI=1S/C19H27N5OS/c1-3-8-26-18-21-11-14(12-22-18)13-24-15-4-5-16(24)10-19(25,9-15)17-20-6-7-23(17)2/h6-7,11-12,15-16,25H,3-5,8-10,13H2,1-2H3/t15-,16-/m1/s1. The van der Waals surface area contributed by atoms with Crippen LogP contribution in [0.5, 0.6) is 0 Å². The van der Waals surface area contributed by atoms with E-state index < -0.39 is 5.60 Å². The fourth-order valence-corrected chi connectivity index (χ4v) is 5.12. The summed E-state index contributed by atoms with van der Waals surface area (Å²) < 4.78 is 1.95. The molecule has 4 heterocycles. The van der Waals surface area contributed by atoms with Crippen LogP contribution in [-0.2, 0) is 19.2 Å². The van der Waals surface area contributed by atoms with Crippen LogP contribution in [0.1, 0.15) is 50.4 Å². The van der Waals surface area contributed by atoms with Crippen LogP contribution in [0.2, 0.25) is 0 Å². The molecule has 0 spiro atoms. The average Bonchev–Trinajstić information content (AvgIpc) is 3.17. The third-order valence-electron chi connectivity index (χ3n) is 5.64. The minimum absolute atomic E-state index is 0.393. The Labute approximate surface area is 159 Å². The molecule has 2 atom stereocenters. The van der Waals surface area contributed by atoms with Gasteiger partial charge in [-0.25, -0.2) is 15.0 Å². The fraction of sp³-hybridized carbons (Fsp3) is 0.632. The molecule has 0 aromatic carbocycles. The lowest BCUT2D eigenvalue weighted by Crippen LogP contribution is -2.50. The first-order valence-corrected chi connectivity index (χ1v) is 10.5. The number of aliphatic hydroxyl groups is 1. The van der Waals surface area contributed by atoms with Gasteiger partial charge < -0.3 is 9.67 Å². The molecule has 2 aromatic heterocycles. The van der Waals surface area contributed by atoms with Crippen LogP contribution < -0.4 is 0 Å². The summed E-state index contributed by atoms with van der Waals surface area (Å²) in [5.74, 6) is 1.86. The molecule has 26 heavy (non-hydrogen) atoms. The second-order valence-corrected chi connectivity index (χ2v) is 8.64. The van der Waals surface area contributed by atoms with E-state index in [0.717, 1.165) is 60.9 Å². The van der Waals surface area contributed by atoms with Crippen molar-refractivity contribution in [3.05, 3.63) is 36.2 Å². The summed E-state index contributed by atoms with van der Waals surface area (Å²) in [6, 6.07) is 0.786. The first kappa shape index (κ1) is 17.9. The quantitative estimate of drug-likeness (QED) is 0.620. The Morgan fingerprint density at radius 3 is 2.46 bits per heavy atom. The minimum atomic E-state index is -0.808. The Bertz CT molecular complexity index is 733. The number of thioether (sulfide) groups is 1. The first-order valence-electron chi connectivity index (χ1n) is 9.48. The van der Waals surface area contributed by atoms with Crippen LogP contribution in [0.3, 0.4) is 0 Å². The molecule has 2 fully saturated rings. The van der Waals surface area contributed by atoms with Gasteiger partial charge in [-0.15, -0.1) is 0 Å². The molecule has 1 N–H and O–H groups in total. The summed E-state index contributed by atoms with van der Waals surface area (Å²) in [4.78, 5) is 16.0. The lowest BCUT2D eigenvalue weighted by Gasteiger charge is -2.43. The maximum atomic E-state index is 11.3. The Kier molecular flexibility index (Phi) is 5.03. The second kappa shape index (κ2) is 7.29. The highest BCUT2D eigenvalue weighted by Gasteiger charge is 2.49. The van der Waals surface area contributed by atoms with Gasteiger partial charge in [0.25, 0.3) is 0 Å². The van der Waals surface area contributed by atoms with E-state index in [0.29, 0.717) is 12.1 Å². The maximum absolute atomic E-state index is 11.3. The minimum Gasteiger partial charge on any atom is -0.382 e. The summed E-state index contributed by atoms with van der Waals surface area (Å²) in [6.45, 7) is 3.03. The van der Waals surface area contributed by atoms with Crippen LogP contribution in [0.4, 0.5) is 0 Å². The van der Waals surface area contributed by atoms with Crippen molar-refractivity contribution in [3.8, 4) is 0 Å². The first-order chi connectivity index (χ1) is 12.6. The normalized spacial score (nSPS) is 28.6. The van der Waals surface area contributed by atoms with Crippen molar-refractivity contribution in [1.29, 1.82) is 0 Å². The van der Waals surface area contributed by atoms with E-state index in [1.54, 1.807) is 18.0 Å². The Morgan fingerprint density at radius 1 is 1.19 bits per heavy atom. The number of fused-ring (bicyclic) bond motifs is 2. The second-order valence-electron chi connectivity index (χ2n) is 7.58. The largest absolute Gasteiger partial charge is 0.382 e. The van der Waals surface area contributed by atoms with Crippen molar-refractivity contribution >= 4 is 11.8 Å². The molecule has 2 saturated heterocycles. The van der Waals surface area contributed by atoms with Crippen LogP contribution in [-0.4, -0.2) is 47.4 Å². The van der Waals surface area contributed by atoms with E-state index in [4.69, 9.17) is 0 Å². The van der Waals surface area contributed by atoms with E-state index in [2.05, 4.69) is 26.8 Å². The number of piperidine rings is 1. The lowest BCUT2D eigenvalue weighted by atomic mass is 9.85. The van der Waals surface area contributed by atoms with Gasteiger partial charge in [0.15, 0.2) is 5.16 Å². The van der Waals surface area contributed by atoms with Crippen molar-refractivity contribution < 1.29 is 5.11 Å². The molecule has 7 heteroatoms. The van der Waals surface area contributed by atoms with E-state index in [1.165, 1.54) is 0 Å². The molecule has 140 valence electrons. The topological polar surface area (TPSA) is 67.1 Å². The summed E-state index contributed by atoms with van der Waals surface area (Å²) in [7, 11) is 1.96. The van der Waals surface area contributed by atoms with Crippen LogP contribution in [0.25, 0.3) is 0 Å². The zero-order valence-corrected chi connectivity index (χ0v) is 16.3. The molecule has 0 unspecified atom stereocenters. The van der Waals surface area contributed by atoms with Crippen molar-refractivity contribution in [2.24, 2.45) is 7.05 Å². The predicted octanol–water partition coefficient (Wildman–Crippen LogP) is 2.73. The number of aryl methyl sites for hydroxylation is 1. The van der Waals surface area contributed by atoms with Crippen molar-refractivity contribution in [1.82, 2.24) is 24.4 Å². The summed E-state index contributed by atoms with van der Waals surface area (Å²) in [5.41, 5.74) is 0.350. The summed E-state index contributed by atoms with van der Waals surface area (Å²) in [5, 5.41) is 12.1. The number of hydrogen-bond acceptors (Lipinski definition) is 6. The fourth-order valence-electron chi connectivity index (χ4n) is 4.47. The molecule has 0 aliphatic carbocycles. The Morgan fingerprint density at radius 2 is 1.88 bits per heavy atom. The molecular formula is C19H27N5OS. The summed E-state index contributed by atoms with van der Waals surface area (Å²) in [6.07, 6.45) is 12.5. The van der Waals surface area contributed by atoms with E-state index >= 15 is 0 Å². The van der Waals surface area contributed by atoms with Gasteiger partial charge in [-0.1, -0.05) is 18.7 Å². The zero-order chi connectivity index (χ0) is 18.1. The maximum Gasteiger partial charge on any atom is 0.187 e. The highest BCUT2D eigenvalue weighted by molar-refractivity contribution is 7.99. The Balaban J connectivity index is 1.45. The molecule has 0 amide bonds. The molecule has 6 nitrogen and oxygen atoms in total. The SMILES string of the molecule is CCCSc1ncc(CN2[C@@H]3CC[C@@H]2CC(O)(c2nccn2C)C3)cn1. The van der Waals surface area contributed by atoms with Gasteiger partial charge in [0, 0.05) is 61.8 Å². The van der Waals surface area contributed by atoms with Crippen LogP contribution in [0.15, 0.2) is 29.9 Å². The number of hydrogen-bond donors (Lipinski definition) is 1. The molecular weight excluding hydrogens is 346 g/mol. The molecule has 0 saturated carbocycles. The van der Waals surface area contributed by atoms with Crippen LogP contribution >= 0.6 is 11.8 Å². The third kappa shape index (κ3) is 3.40. The highest BCUT2D eigenvalue weighted by atomic mass is 32.2. The third-order valence-corrected chi connectivity index (χ3v) is 6.72. The number of nitrogens with zero attached hydrogens (tertiary/aromatic N) is 5. The van der Waals surface area contributed by atoms with E-state index in [-0.39, 0.29) is 0 Å². The van der Waals surface area contributed by atoms with Crippen LogP contribution in [0, 0.1) is 0 Å². The van der Waals surface area contributed by atoms with Gasteiger partial charge >= 0.3 is 0 Å². The highest BCUT2D eigenvalue weighted by Crippen LogP contribution is 2.45. The van der Waals surface area contributed by atoms with Gasteiger partial charge in [-0.2, -0.15) is 0 Å². The van der Waals surface area contributed by atoms with Crippen molar-refractivity contribution in [2.45, 2.75) is 68.4 Å². The van der Waals surface area contributed by atoms with Crippen molar-refractivity contribution in [3.63, 3.8) is 0 Å². The average molecular weight is 374 g/mol.